The van der Waals surface area contributed by atoms with E-state index in [0.29, 0.717) is 50.1 Å². The van der Waals surface area contributed by atoms with Crippen LogP contribution < -0.4 is 21.1 Å². The van der Waals surface area contributed by atoms with Crippen molar-refractivity contribution in [3.63, 3.8) is 0 Å². The number of pyridine rings is 1. The van der Waals surface area contributed by atoms with E-state index in [0.717, 1.165) is 26.2 Å². The van der Waals surface area contributed by atoms with Crippen molar-refractivity contribution < 1.29 is 4.39 Å². The van der Waals surface area contributed by atoms with E-state index in [1.165, 1.54) is 6.07 Å². The van der Waals surface area contributed by atoms with Crippen molar-refractivity contribution in [2.24, 2.45) is 0 Å². The van der Waals surface area contributed by atoms with E-state index in [1.807, 2.05) is 11.8 Å². The number of anilines is 3. The van der Waals surface area contributed by atoms with E-state index >= 15 is 0 Å². The van der Waals surface area contributed by atoms with Crippen LogP contribution in [-0.4, -0.2) is 40.7 Å². The number of aromatic nitrogens is 3. The van der Waals surface area contributed by atoms with Gasteiger partial charge in [-0.1, -0.05) is 29.3 Å². The lowest BCUT2D eigenvalue weighted by molar-refractivity contribution is 0.566. The van der Waals surface area contributed by atoms with E-state index in [4.69, 9.17) is 23.2 Å². The molecule has 2 N–H and O–H groups in total. The van der Waals surface area contributed by atoms with Crippen molar-refractivity contribution in [1.29, 1.82) is 0 Å². The highest BCUT2D eigenvalue weighted by atomic mass is 35.5. The standard InChI is InChI=1S/C25H23Cl2FN6O/c1-2-34-23-15(11-19(24(34)35)18-5-3-16(26)12-20(18)27)14-30-25(32-23)31-17-4-6-22(21(28)13-17)33-9-7-29-8-10-33/h3-6,11-14,29H,2,7-10H2,1H3,(H,30,31,32). The van der Waals surface area contributed by atoms with Crippen LogP contribution in [0.4, 0.5) is 21.7 Å². The maximum absolute atomic E-state index is 14.8. The second-order valence-corrected chi connectivity index (χ2v) is 9.08. The molecule has 4 aromatic rings. The molecule has 0 amide bonds. The van der Waals surface area contributed by atoms with Crippen LogP contribution in [0.1, 0.15) is 6.92 Å². The highest BCUT2D eigenvalue weighted by molar-refractivity contribution is 6.36. The number of rotatable bonds is 5. The van der Waals surface area contributed by atoms with Crippen molar-refractivity contribution in [2.75, 3.05) is 36.4 Å². The summed E-state index contributed by atoms with van der Waals surface area (Å²) in [5.41, 5.74) is 2.38. The Morgan fingerprint density at radius 2 is 1.89 bits per heavy atom. The molecule has 0 atom stereocenters. The quantitative estimate of drug-likeness (QED) is 0.388. The maximum Gasteiger partial charge on any atom is 0.260 e. The summed E-state index contributed by atoms with van der Waals surface area (Å²) in [4.78, 5) is 24.3. The van der Waals surface area contributed by atoms with Gasteiger partial charge >= 0.3 is 0 Å². The number of fused-ring (bicyclic) bond motifs is 1. The lowest BCUT2D eigenvalue weighted by atomic mass is 10.1. The summed E-state index contributed by atoms with van der Waals surface area (Å²) < 4.78 is 16.4. The zero-order valence-corrected chi connectivity index (χ0v) is 20.5. The molecule has 1 saturated heterocycles. The van der Waals surface area contributed by atoms with E-state index < -0.39 is 0 Å². The number of hydrogen-bond acceptors (Lipinski definition) is 6. The lowest BCUT2D eigenvalue weighted by Gasteiger charge is -2.29. The van der Waals surface area contributed by atoms with Crippen LogP contribution in [0.5, 0.6) is 0 Å². The van der Waals surface area contributed by atoms with E-state index in [2.05, 4.69) is 20.6 Å². The summed E-state index contributed by atoms with van der Waals surface area (Å²) in [5.74, 6) is -0.0432. The molecule has 3 heterocycles. The third-order valence-corrected chi connectivity index (χ3v) is 6.57. The Hall–Kier alpha value is -3.20. The van der Waals surface area contributed by atoms with Crippen molar-refractivity contribution in [2.45, 2.75) is 13.5 Å². The number of halogens is 3. The average Bonchev–Trinajstić information content (AvgIpc) is 2.85. The van der Waals surface area contributed by atoms with Crippen LogP contribution in [0.15, 0.2) is 53.5 Å². The van der Waals surface area contributed by atoms with Crippen molar-refractivity contribution in [1.82, 2.24) is 19.9 Å². The summed E-state index contributed by atoms with van der Waals surface area (Å²) in [5, 5.41) is 7.88. The number of benzene rings is 2. The Kier molecular flexibility index (Phi) is 6.60. The summed E-state index contributed by atoms with van der Waals surface area (Å²) in [6.45, 7) is 5.45. The molecule has 0 unspecified atom stereocenters. The van der Waals surface area contributed by atoms with Crippen LogP contribution in [0.25, 0.3) is 22.2 Å². The summed E-state index contributed by atoms with van der Waals surface area (Å²) in [6, 6.07) is 11.7. The molecule has 7 nitrogen and oxygen atoms in total. The van der Waals surface area contributed by atoms with Crippen molar-refractivity contribution >= 4 is 51.6 Å². The van der Waals surface area contributed by atoms with Crippen molar-refractivity contribution in [3.8, 4) is 11.1 Å². The molecule has 180 valence electrons. The van der Waals surface area contributed by atoms with Gasteiger partial charge in [0.1, 0.15) is 11.5 Å². The normalized spacial score (nSPS) is 13.9. The highest BCUT2D eigenvalue weighted by Gasteiger charge is 2.17. The van der Waals surface area contributed by atoms with Gasteiger partial charge in [-0.15, -0.1) is 0 Å². The minimum absolute atomic E-state index is 0.222. The van der Waals surface area contributed by atoms with Crippen LogP contribution in [0.3, 0.4) is 0 Å². The predicted octanol–water partition coefficient (Wildman–Crippen LogP) is 5.08. The molecule has 0 spiro atoms. The van der Waals surface area contributed by atoms with Crippen LogP contribution in [0.2, 0.25) is 10.0 Å². The molecular weight excluding hydrogens is 490 g/mol. The Balaban J connectivity index is 1.49. The molecule has 5 rings (SSSR count). The van der Waals surface area contributed by atoms with Crippen LogP contribution >= 0.6 is 23.2 Å². The lowest BCUT2D eigenvalue weighted by Crippen LogP contribution is -2.43. The topological polar surface area (TPSA) is 75.1 Å². The largest absolute Gasteiger partial charge is 0.367 e. The fraction of sp³-hybridized carbons (Fsp3) is 0.240. The van der Waals surface area contributed by atoms with Crippen LogP contribution in [-0.2, 0) is 6.54 Å². The SMILES string of the molecule is CCn1c(=O)c(-c2ccc(Cl)cc2Cl)cc2cnc(Nc3ccc(N4CCNCC4)c(F)c3)nc21. The van der Waals surface area contributed by atoms with Gasteiger partial charge in [-0.2, -0.15) is 4.98 Å². The monoisotopic (exact) mass is 512 g/mol. The first-order valence-corrected chi connectivity index (χ1v) is 12.1. The van der Waals surface area contributed by atoms with E-state index in [1.54, 1.807) is 47.2 Å². The highest BCUT2D eigenvalue weighted by Crippen LogP contribution is 2.30. The third-order valence-electron chi connectivity index (χ3n) is 6.03. The number of nitrogens with one attached hydrogen (secondary N) is 2. The van der Waals surface area contributed by atoms with Gasteiger partial charge in [0.2, 0.25) is 5.95 Å². The van der Waals surface area contributed by atoms with Gasteiger partial charge < -0.3 is 15.5 Å². The van der Waals surface area contributed by atoms with Gasteiger partial charge in [-0.25, -0.2) is 9.37 Å². The van der Waals surface area contributed by atoms with E-state index in [-0.39, 0.29) is 17.3 Å². The van der Waals surface area contributed by atoms with Crippen LogP contribution in [0, 0.1) is 5.82 Å². The summed E-state index contributed by atoms with van der Waals surface area (Å²) >= 11 is 12.4. The third kappa shape index (κ3) is 4.69. The molecule has 35 heavy (non-hydrogen) atoms. The van der Waals surface area contributed by atoms with Gasteiger partial charge in [0, 0.05) is 66.1 Å². The smallest absolute Gasteiger partial charge is 0.260 e. The Bertz CT molecular complexity index is 1470. The first-order chi connectivity index (χ1) is 16.9. The molecule has 1 aliphatic heterocycles. The zero-order chi connectivity index (χ0) is 24.5. The Morgan fingerprint density at radius 1 is 1.09 bits per heavy atom. The second-order valence-electron chi connectivity index (χ2n) is 8.23. The fourth-order valence-corrected chi connectivity index (χ4v) is 4.80. The second kappa shape index (κ2) is 9.81. The maximum atomic E-state index is 14.8. The first kappa shape index (κ1) is 23.5. The summed E-state index contributed by atoms with van der Waals surface area (Å²) in [7, 11) is 0. The van der Waals surface area contributed by atoms with Gasteiger partial charge in [0.05, 0.1) is 10.7 Å². The van der Waals surface area contributed by atoms with Gasteiger partial charge in [-0.05, 0) is 43.3 Å². The minimum atomic E-state index is -0.312. The molecule has 1 aliphatic rings. The first-order valence-electron chi connectivity index (χ1n) is 11.3. The molecule has 2 aromatic heterocycles. The Labute approximate surface area is 211 Å². The molecule has 0 aliphatic carbocycles. The van der Waals surface area contributed by atoms with Gasteiger partial charge in [0.15, 0.2) is 0 Å². The van der Waals surface area contributed by atoms with Gasteiger partial charge in [0.25, 0.3) is 5.56 Å². The molecule has 0 radical (unpaired) electrons. The Morgan fingerprint density at radius 3 is 2.60 bits per heavy atom. The molecule has 0 bridgehead atoms. The summed E-state index contributed by atoms with van der Waals surface area (Å²) in [6.07, 6.45) is 1.63. The van der Waals surface area contributed by atoms with Gasteiger partial charge in [-0.3, -0.25) is 9.36 Å². The predicted molar refractivity (Wildman–Crippen MR) is 140 cm³/mol. The molecule has 10 heteroatoms. The number of aryl methyl sites for hydroxylation is 1. The number of piperazine rings is 1. The molecular formula is C25H23Cl2FN6O. The molecule has 0 saturated carbocycles. The van der Waals surface area contributed by atoms with E-state index in [9.17, 15) is 9.18 Å². The fourth-order valence-electron chi connectivity index (χ4n) is 4.29. The molecule has 2 aromatic carbocycles. The number of nitrogens with zero attached hydrogens (tertiary/aromatic N) is 4. The molecule has 1 fully saturated rings. The number of hydrogen-bond donors (Lipinski definition) is 2. The zero-order valence-electron chi connectivity index (χ0n) is 19.0. The van der Waals surface area contributed by atoms with Crippen molar-refractivity contribution in [3.05, 3.63) is 74.9 Å². The average molecular weight is 513 g/mol. The minimum Gasteiger partial charge on any atom is -0.367 e.